The quantitative estimate of drug-likeness (QED) is 0.438. The van der Waals surface area contributed by atoms with Gasteiger partial charge in [-0.1, -0.05) is 67.2 Å². The van der Waals surface area contributed by atoms with Gasteiger partial charge in [0.05, 0.1) is 11.8 Å². The molecule has 0 aromatic carbocycles. The summed E-state index contributed by atoms with van der Waals surface area (Å²) in [4.78, 5) is 24.8. The number of unbranched alkanes of at least 4 members (excludes halogenated alkanes) is 2. The third-order valence-electron chi connectivity index (χ3n) is 5.72. The van der Waals surface area contributed by atoms with Crippen LogP contribution < -0.4 is 0 Å². The molecule has 0 aromatic rings. The highest BCUT2D eigenvalue weighted by molar-refractivity contribution is 5.97. The summed E-state index contributed by atoms with van der Waals surface area (Å²) in [6, 6.07) is 0. The Hall–Kier alpha value is -0.860. The predicted octanol–water partition coefficient (Wildman–Crippen LogP) is 5.13. The summed E-state index contributed by atoms with van der Waals surface area (Å²) in [6.07, 6.45) is 7.22. The van der Waals surface area contributed by atoms with Gasteiger partial charge in [0, 0.05) is 0 Å². The van der Waals surface area contributed by atoms with Crippen LogP contribution in [-0.4, -0.2) is 11.9 Å². The lowest BCUT2D eigenvalue weighted by Gasteiger charge is -2.40. The highest BCUT2D eigenvalue weighted by Gasteiger charge is 2.57. The van der Waals surface area contributed by atoms with Crippen molar-refractivity contribution < 1.29 is 14.3 Å². The van der Waals surface area contributed by atoms with E-state index in [1.54, 1.807) is 0 Å². The average molecular weight is 310 g/mol. The largest absolute Gasteiger partial charge is 0.393 e. The Labute approximate surface area is 136 Å². The number of cyclic esters (lactones) is 2. The molecule has 3 atom stereocenters. The lowest BCUT2D eigenvalue weighted by atomic mass is 9.60. The van der Waals surface area contributed by atoms with Gasteiger partial charge in [0.1, 0.15) is 0 Å². The van der Waals surface area contributed by atoms with Gasteiger partial charge in [0.25, 0.3) is 0 Å². The summed E-state index contributed by atoms with van der Waals surface area (Å²) >= 11 is 0. The number of ether oxygens (including phenoxy) is 1. The van der Waals surface area contributed by atoms with Gasteiger partial charge in [-0.15, -0.1) is 0 Å². The maximum atomic E-state index is 12.4. The smallest absolute Gasteiger partial charge is 0.318 e. The maximum Gasteiger partial charge on any atom is 0.318 e. The molecule has 1 rings (SSSR count). The van der Waals surface area contributed by atoms with Crippen molar-refractivity contribution in [2.24, 2.45) is 22.7 Å². The van der Waals surface area contributed by atoms with Crippen LogP contribution in [0.1, 0.15) is 86.5 Å². The van der Waals surface area contributed by atoms with Gasteiger partial charge in [0.2, 0.25) is 0 Å². The molecule has 0 saturated carbocycles. The summed E-state index contributed by atoms with van der Waals surface area (Å²) in [6.45, 7) is 12.9. The van der Waals surface area contributed by atoms with Crippen LogP contribution in [0.3, 0.4) is 0 Å². The molecule has 0 bridgehead atoms. The van der Waals surface area contributed by atoms with Crippen LogP contribution in [0.5, 0.6) is 0 Å². The summed E-state index contributed by atoms with van der Waals surface area (Å²) < 4.78 is 5.10. The zero-order chi connectivity index (χ0) is 17.0. The molecule has 0 N–H and O–H groups in total. The van der Waals surface area contributed by atoms with Crippen LogP contribution in [0.15, 0.2) is 0 Å². The van der Waals surface area contributed by atoms with Crippen LogP contribution in [0.25, 0.3) is 0 Å². The van der Waals surface area contributed by atoms with E-state index < -0.39 is 0 Å². The predicted molar refractivity (Wildman–Crippen MR) is 89.3 cm³/mol. The van der Waals surface area contributed by atoms with Crippen LogP contribution in [0.4, 0.5) is 0 Å². The Morgan fingerprint density at radius 1 is 0.864 bits per heavy atom. The van der Waals surface area contributed by atoms with E-state index >= 15 is 0 Å². The molecule has 3 heteroatoms. The summed E-state index contributed by atoms with van der Waals surface area (Å²) in [7, 11) is 0. The first-order valence-corrected chi connectivity index (χ1v) is 8.99. The minimum absolute atomic E-state index is 0.145. The highest BCUT2D eigenvalue weighted by atomic mass is 16.6. The Bertz CT molecular complexity index is 399. The van der Waals surface area contributed by atoms with Gasteiger partial charge in [-0.3, -0.25) is 9.59 Å². The van der Waals surface area contributed by atoms with E-state index in [4.69, 9.17) is 4.74 Å². The lowest BCUT2D eigenvalue weighted by Crippen LogP contribution is -2.41. The van der Waals surface area contributed by atoms with E-state index in [1.165, 1.54) is 0 Å². The molecule has 0 radical (unpaired) electrons. The standard InChI is InChI=1S/C19H34O3/c1-7-10-12-18(4,5)14-15(17(21)22-16(14)20)19(6,9-3)13-11-8-2/h14-15H,7-13H2,1-6H3. The third kappa shape index (κ3) is 3.91. The van der Waals surface area contributed by atoms with E-state index in [9.17, 15) is 9.59 Å². The molecule has 128 valence electrons. The van der Waals surface area contributed by atoms with Gasteiger partial charge >= 0.3 is 11.9 Å². The van der Waals surface area contributed by atoms with E-state index in [-0.39, 0.29) is 34.6 Å². The van der Waals surface area contributed by atoms with Crippen LogP contribution in [0.2, 0.25) is 0 Å². The first kappa shape index (κ1) is 19.2. The SMILES string of the molecule is CCCCC(C)(C)C1C(=O)OC(=O)C1C(C)(CC)CCCC. The van der Waals surface area contributed by atoms with Crippen molar-refractivity contribution in [2.45, 2.75) is 86.5 Å². The topological polar surface area (TPSA) is 43.4 Å². The molecule has 1 aliphatic heterocycles. The maximum absolute atomic E-state index is 12.4. The minimum Gasteiger partial charge on any atom is -0.393 e. The number of hydrogen-bond donors (Lipinski definition) is 0. The molecular formula is C19H34O3. The summed E-state index contributed by atoms with van der Waals surface area (Å²) in [5.74, 6) is -1.18. The van der Waals surface area contributed by atoms with E-state index in [0.717, 1.165) is 44.9 Å². The van der Waals surface area contributed by atoms with Crippen molar-refractivity contribution in [1.82, 2.24) is 0 Å². The fourth-order valence-electron chi connectivity index (χ4n) is 3.88. The molecule has 3 nitrogen and oxygen atoms in total. The summed E-state index contributed by atoms with van der Waals surface area (Å²) in [5, 5.41) is 0. The second-order valence-corrected chi connectivity index (χ2v) is 7.90. The van der Waals surface area contributed by atoms with Crippen LogP contribution in [-0.2, 0) is 14.3 Å². The molecule has 1 saturated heterocycles. The Balaban J connectivity index is 3.11. The van der Waals surface area contributed by atoms with Gasteiger partial charge in [-0.05, 0) is 30.1 Å². The fraction of sp³-hybridized carbons (Fsp3) is 0.895. The van der Waals surface area contributed by atoms with E-state index in [0.29, 0.717) is 0 Å². The van der Waals surface area contributed by atoms with E-state index in [2.05, 4.69) is 41.5 Å². The van der Waals surface area contributed by atoms with Gasteiger partial charge in [0.15, 0.2) is 0 Å². The van der Waals surface area contributed by atoms with Crippen molar-refractivity contribution in [3.63, 3.8) is 0 Å². The summed E-state index contributed by atoms with van der Waals surface area (Å²) in [5.41, 5.74) is -0.333. The molecule has 1 fully saturated rings. The van der Waals surface area contributed by atoms with Gasteiger partial charge < -0.3 is 4.74 Å². The number of hydrogen-bond acceptors (Lipinski definition) is 3. The normalized spacial score (nSPS) is 25.2. The minimum atomic E-state index is -0.299. The van der Waals surface area contributed by atoms with E-state index in [1.807, 2.05) is 0 Å². The fourth-order valence-corrected chi connectivity index (χ4v) is 3.88. The highest BCUT2D eigenvalue weighted by Crippen LogP contribution is 2.51. The molecule has 0 aliphatic carbocycles. The van der Waals surface area contributed by atoms with Crippen LogP contribution in [0, 0.1) is 22.7 Å². The molecule has 0 aromatic heterocycles. The molecule has 1 heterocycles. The van der Waals surface area contributed by atoms with Crippen molar-refractivity contribution in [1.29, 1.82) is 0 Å². The second kappa shape index (κ2) is 7.61. The van der Waals surface area contributed by atoms with Crippen LogP contribution >= 0.6 is 0 Å². The van der Waals surface area contributed by atoms with Crippen molar-refractivity contribution in [2.75, 3.05) is 0 Å². The van der Waals surface area contributed by atoms with Gasteiger partial charge in [-0.25, -0.2) is 0 Å². The zero-order valence-electron chi connectivity index (χ0n) is 15.3. The lowest BCUT2D eigenvalue weighted by molar-refractivity contribution is -0.155. The molecule has 0 amide bonds. The number of carbonyl (C=O) groups is 2. The Morgan fingerprint density at radius 3 is 1.86 bits per heavy atom. The van der Waals surface area contributed by atoms with Crippen molar-refractivity contribution >= 4 is 11.9 Å². The monoisotopic (exact) mass is 310 g/mol. The molecule has 22 heavy (non-hydrogen) atoms. The molecule has 0 spiro atoms. The Morgan fingerprint density at radius 2 is 1.36 bits per heavy atom. The van der Waals surface area contributed by atoms with Gasteiger partial charge in [-0.2, -0.15) is 0 Å². The Kier molecular flexibility index (Phi) is 6.64. The first-order valence-electron chi connectivity index (χ1n) is 8.99. The molecule has 1 aliphatic rings. The zero-order valence-corrected chi connectivity index (χ0v) is 15.3. The third-order valence-corrected chi connectivity index (χ3v) is 5.72. The second-order valence-electron chi connectivity index (χ2n) is 7.90. The number of rotatable bonds is 9. The van der Waals surface area contributed by atoms with Crippen molar-refractivity contribution in [3.05, 3.63) is 0 Å². The number of carbonyl (C=O) groups excluding carboxylic acids is 2. The first-order chi connectivity index (χ1) is 10.2. The number of esters is 2. The average Bonchev–Trinajstić information content (AvgIpc) is 2.78. The van der Waals surface area contributed by atoms with Crippen molar-refractivity contribution in [3.8, 4) is 0 Å². The molecule has 3 unspecified atom stereocenters. The molecular weight excluding hydrogens is 276 g/mol.